The highest BCUT2D eigenvalue weighted by Crippen LogP contribution is 2.23. The minimum atomic E-state index is -2.86. The number of rotatable bonds is 6. The Morgan fingerprint density at radius 2 is 1.71 bits per heavy atom. The van der Waals surface area contributed by atoms with Gasteiger partial charge in [0.05, 0.1) is 6.10 Å². The van der Waals surface area contributed by atoms with Crippen LogP contribution in [0.15, 0.2) is 48.5 Å². The molecule has 0 radical (unpaired) electrons. The fourth-order valence-electron chi connectivity index (χ4n) is 2.15. The highest BCUT2D eigenvalue weighted by Gasteiger charge is 2.11. The van der Waals surface area contributed by atoms with Gasteiger partial charge in [0, 0.05) is 6.42 Å². The number of hydrogen-bond acceptors (Lipinski definition) is 2. The van der Waals surface area contributed by atoms with E-state index in [2.05, 4.69) is 11.7 Å². The first-order chi connectivity index (χ1) is 10.1. The Balaban J connectivity index is 2.06. The zero-order chi connectivity index (χ0) is 15.2. The van der Waals surface area contributed by atoms with Gasteiger partial charge < -0.3 is 9.84 Å². The van der Waals surface area contributed by atoms with Crippen LogP contribution in [-0.2, 0) is 12.8 Å². The van der Waals surface area contributed by atoms with Crippen LogP contribution in [0.5, 0.6) is 5.75 Å². The molecule has 0 aliphatic rings. The van der Waals surface area contributed by atoms with Crippen molar-refractivity contribution >= 4 is 0 Å². The van der Waals surface area contributed by atoms with E-state index in [-0.39, 0.29) is 5.75 Å². The van der Waals surface area contributed by atoms with E-state index in [9.17, 15) is 13.9 Å². The van der Waals surface area contributed by atoms with E-state index in [1.807, 2.05) is 24.3 Å². The average molecular weight is 292 g/mol. The van der Waals surface area contributed by atoms with Crippen LogP contribution in [-0.4, -0.2) is 11.7 Å². The Hall–Kier alpha value is -1.94. The third-order valence-electron chi connectivity index (χ3n) is 3.33. The van der Waals surface area contributed by atoms with Crippen molar-refractivity contribution in [2.24, 2.45) is 0 Å². The zero-order valence-electron chi connectivity index (χ0n) is 11.8. The van der Waals surface area contributed by atoms with Gasteiger partial charge in [0.25, 0.3) is 0 Å². The van der Waals surface area contributed by atoms with Crippen LogP contribution < -0.4 is 4.74 Å². The molecule has 1 N–H and O–H groups in total. The van der Waals surface area contributed by atoms with Crippen LogP contribution in [0.3, 0.4) is 0 Å². The molecule has 0 fully saturated rings. The zero-order valence-corrected chi connectivity index (χ0v) is 11.8. The molecule has 2 aromatic rings. The summed E-state index contributed by atoms with van der Waals surface area (Å²) in [6, 6.07) is 14.2. The maximum atomic E-state index is 12.2. The SMILES string of the molecule is CCc1ccc(CC(O)c2cccc(OC(F)F)c2)cc1. The molecule has 4 heteroatoms. The molecule has 0 aromatic heterocycles. The van der Waals surface area contributed by atoms with E-state index in [4.69, 9.17) is 0 Å². The molecule has 0 spiro atoms. The van der Waals surface area contributed by atoms with Crippen molar-refractivity contribution in [3.05, 3.63) is 65.2 Å². The fourth-order valence-corrected chi connectivity index (χ4v) is 2.15. The number of aryl methyl sites for hydroxylation is 1. The molecular weight excluding hydrogens is 274 g/mol. The molecule has 0 saturated heterocycles. The first-order valence-corrected chi connectivity index (χ1v) is 6.89. The molecule has 0 amide bonds. The molecule has 2 aromatic carbocycles. The lowest BCUT2D eigenvalue weighted by atomic mass is 10.00. The van der Waals surface area contributed by atoms with Crippen LogP contribution in [0, 0.1) is 0 Å². The summed E-state index contributed by atoms with van der Waals surface area (Å²) in [5, 5.41) is 10.2. The Bertz CT molecular complexity index is 567. The first kappa shape index (κ1) is 15.4. The summed E-state index contributed by atoms with van der Waals surface area (Å²) >= 11 is 0. The number of benzene rings is 2. The molecule has 2 rings (SSSR count). The minimum Gasteiger partial charge on any atom is -0.435 e. The van der Waals surface area contributed by atoms with E-state index in [1.165, 1.54) is 17.7 Å². The summed E-state index contributed by atoms with van der Waals surface area (Å²) < 4.78 is 28.7. The van der Waals surface area contributed by atoms with Gasteiger partial charge in [-0.15, -0.1) is 0 Å². The molecule has 1 atom stereocenters. The van der Waals surface area contributed by atoms with Crippen molar-refractivity contribution in [3.63, 3.8) is 0 Å². The number of hydrogen-bond donors (Lipinski definition) is 1. The summed E-state index contributed by atoms with van der Waals surface area (Å²) in [6.45, 7) is -0.780. The van der Waals surface area contributed by atoms with Crippen LogP contribution >= 0.6 is 0 Å². The molecule has 0 aliphatic heterocycles. The van der Waals surface area contributed by atoms with Crippen molar-refractivity contribution in [3.8, 4) is 5.75 Å². The monoisotopic (exact) mass is 292 g/mol. The van der Waals surface area contributed by atoms with Gasteiger partial charge in [0.15, 0.2) is 0 Å². The smallest absolute Gasteiger partial charge is 0.387 e. The molecule has 0 heterocycles. The normalized spacial score (nSPS) is 12.4. The summed E-state index contributed by atoms with van der Waals surface area (Å²) in [5.41, 5.74) is 2.80. The maximum absolute atomic E-state index is 12.2. The number of aliphatic hydroxyl groups is 1. The predicted octanol–water partition coefficient (Wildman–Crippen LogP) is 4.13. The lowest BCUT2D eigenvalue weighted by Gasteiger charge is -2.13. The van der Waals surface area contributed by atoms with Gasteiger partial charge in [0.1, 0.15) is 5.75 Å². The second kappa shape index (κ2) is 7.18. The van der Waals surface area contributed by atoms with Gasteiger partial charge in [-0.3, -0.25) is 0 Å². The number of aliphatic hydroxyl groups excluding tert-OH is 1. The highest BCUT2D eigenvalue weighted by molar-refractivity contribution is 5.31. The van der Waals surface area contributed by atoms with Crippen molar-refractivity contribution in [1.82, 2.24) is 0 Å². The van der Waals surface area contributed by atoms with Gasteiger partial charge in [0.2, 0.25) is 0 Å². The summed E-state index contributed by atoms with van der Waals surface area (Å²) in [7, 11) is 0. The third-order valence-corrected chi connectivity index (χ3v) is 3.33. The van der Waals surface area contributed by atoms with Crippen molar-refractivity contribution in [2.45, 2.75) is 32.5 Å². The van der Waals surface area contributed by atoms with Gasteiger partial charge in [-0.25, -0.2) is 0 Å². The van der Waals surface area contributed by atoms with Gasteiger partial charge >= 0.3 is 6.61 Å². The van der Waals surface area contributed by atoms with Crippen LogP contribution in [0.1, 0.15) is 29.7 Å². The topological polar surface area (TPSA) is 29.5 Å². The Morgan fingerprint density at radius 1 is 1.05 bits per heavy atom. The largest absolute Gasteiger partial charge is 0.435 e. The minimum absolute atomic E-state index is 0.0582. The maximum Gasteiger partial charge on any atom is 0.387 e. The lowest BCUT2D eigenvalue weighted by molar-refractivity contribution is -0.0499. The Morgan fingerprint density at radius 3 is 2.33 bits per heavy atom. The molecule has 2 nitrogen and oxygen atoms in total. The van der Waals surface area contributed by atoms with E-state index in [0.717, 1.165) is 12.0 Å². The number of halogens is 2. The van der Waals surface area contributed by atoms with E-state index >= 15 is 0 Å². The average Bonchev–Trinajstić information content (AvgIpc) is 2.47. The summed E-state index contributed by atoms with van der Waals surface area (Å²) in [6.07, 6.45) is 0.650. The van der Waals surface area contributed by atoms with Crippen LogP contribution in [0.4, 0.5) is 8.78 Å². The van der Waals surface area contributed by atoms with Gasteiger partial charge in [-0.1, -0.05) is 43.3 Å². The van der Waals surface area contributed by atoms with Crippen molar-refractivity contribution in [2.75, 3.05) is 0 Å². The standard InChI is InChI=1S/C17H18F2O2/c1-2-12-6-8-13(9-7-12)10-16(20)14-4-3-5-15(11-14)21-17(18)19/h3-9,11,16-17,20H,2,10H2,1H3. The number of ether oxygens (including phenoxy) is 1. The quantitative estimate of drug-likeness (QED) is 0.867. The molecular formula is C17H18F2O2. The summed E-state index contributed by atoms with van der Waals surface area (Å²) in [4.78, 5) is 0. The molecule has 21 heavy (non-hydrogen) atoms. The van der Waals surface area contributed by atoms with Gasteiger partial charge in [-0.05, 0) is 35.2 Å². The molecule has 0 bridgehead atoms. The second-order valence-electron chi connectivity index (χ2n) is 4.84. The fraction of sp³-hybridized carbons (Fsp3) is 0.294. The molecule has 1 unspecified atom stereocenters. The molecule has 0 aliphatic carbocycles. The molecule has 112 valence electrons. The van der Waals surface area contributed by atoms with Crippen molar-refractivity contribution in [1.29, 1.82) is 0 Å². The third kappa shape index (κ3) is 4.53. The van der Waals surface area contributed by atoms with Gasteiger partial charge in [-0.2, -0.15) is 8.78 Å². The molecule has 0 saturated carbocycles. The number of alkyl halides is 2. The second-order valence-corrected chi connectivity index (χ2v) is 4.84. The lowest BCUT2D eigenvalue weighted by Crippen LogP contribution is -2.05. The highest BCUT2D eigenvalue weighted by atomic mass is 19.3. The van der Waals surface area contributed by atoms with E-state index in [0.29, 0.717) is 12.0 Å². The van der Waals surface area contributed by atoms with E-state index in [1.54, 1.807) is 12.1 Å². The van der Waals surface area contributed by atoms with E-state index < -0.39 is 12.7 Å². The first-order valence-electron chi connectivity index (χ1n) is 6.89. The van der Waals surface area contributed by atoms with Crippen LogP contribution in [0.25, 0.3) is 0 Å². The van der Waals surface area contributed by atoms with Crippen LogP contribution in [0.2, 0.25) is 0 Å². The summed E-state index contributed by atoms with van der Waals surface area (Å²) in [5.74, 6) is 0.0582. The Kier molecular flexibility index (Phi) is 5.28. The Labute approximate surface area is 123 Å². The van der Waals surface area contributed by atoms with Crippen molar-refractivity contribution < 1.29 is 18.6 Å². The predicted molar refractivity (Wildman–Crippen MR) is 77.6 cm³/mol.